The quantitative estimate of drug-likeness (QED) is 0.546. The van der Waals surface area contributed by atoms with Gasteiger partial charge < -0.3 is 10.3 Å². The van der Waals surface area contributed by atoms with Crippen molar-refractivity contribution in [1.29, 1.82) is 0 Å². The summed E-state index contributed by atoms with van der Waals surface area (Å²) in [7, 11) is -3.72. The molecule has 0 aromatic carbocycles. The third-order valence-corrected chi connectivity index (χ3v) is 1.67. The maximum absolute atomic E-state index is 10.6. The van der Waals surface area contributed by atoms with Crippen molar-refractivity contribution in [1.82, 2.24) is 9.13 Å². The largest absolute Gasteiger partial charge is 0.396 e. The van der Waals surface area contributed by atoms with Gasteiger partial charge in [0.1, 0.15) is 0 Å². The van der Waals surface area contributed by atoms with Crippen LogP contribution in [0, 0.1) is 0 Å². The van der Waals surface area contributed by atoms with E-state index in [1.807, 2.05) is 0 Å². The molecule has 0 fully saturated rings. The lowest BCUT2D eigenvalue weighted by atomic mass is 11.2. The Morgan fingerprint density at radius 3 is 2.36 bits per heavy atom. The van der Waals surface area contributed by atoms with Crippen LogP contribution in [-0.2, 0) is 10.0 Å². The van der Waals surface area contributed by atoms with E-state index >= 15 is 0 Å². The number of nitrogen functional groups attached to an aromatic ring is 1. The van der Waals surface area contributed by atoms with Crippen LogP contribution in [0.3, 0.4) is 0 Å². The Bertz CT molecular complexity index is 412. The van der Waals surface area contributed by atoms with Gasteiger partial charge in [-0.1, -0.05) is 0 Å². The van der Waals surface area contributed by atoms with Crippen molar-refractivity contribution in [2.24, 2.45) is 0 Å². The van der Waals surface area contributed by atoms with Crippen molar-refractivity contribution < 1.29 is 12.9 Å². The molecule has 0 amide bonds. The predicted octanol–water partition coefficient (Wildman–Crippen LogP) is -1.77. The number of aromatic nitrogens is 2. The summed E-state index contributed by atoms with van der Waals surface area (Å²) in [6.07, 6.45) is 0.805. The molecule has 0 aliphatic rings. The smallest absolute Gasteiger partial charge is 0.351 e. The van der Waals surface area contributed by atoms with Gasteiger partial charge in [0.15, 0.2) is 0 Å². The minimum atomic E-state index is -3.72. The number of hydrogen-bond acceptors (Lipinski definition) is 6. The van der Waals surface area contributed by atoms with E-state index < -0.39 is 21.7 Å². The molecule has 0 spiro atoms. The van der Waals surface area contributed by atoms with Crippen LogP contribution < -0.4 is 11.4 Å². The third kappa shape index (κ3) is 1.40. The molecule has 0 aliphatic heterocycles. The fourth-order valence-corrected chi connectivity index (χ4v) is 1.03. The van der Waals surface area contributed by atoms with Crippen LogP contribution in [-0.4, -0.2) is 23.8 Å². The average Bonchev–Trinajstić information content (AvgIpc) is 2.08. The van der Waals surface area contributed by atoms with Gasteiger partial charge in [-0.05, 0) is 4.15 Å². The van der Waals surface area contributed by atoms with Crippen molar-refractivity contribution in [3.8, 4) is 0 Å². The summed E-state index contributed by atoms with van der Waals surface area (Å²) in [6.45, 7) is 0. The van der Waals surface area contributed by atoms with Crippen molar-refractivity contribution in [3.05, 3.63) is 10.5 Å². The van der Waals surface area contributed by atoms with Gasteiger partial charge in [-0.3, -0.25) is 0 Å². The summed E-state index contributed by atoms with van der Waals surface area (Å²) in [5.41, 5.74) is 3.88. The van der Waals surface area contributed by atoms with Crippen LogP contribution in [0.1, 0.15) is 0 Å². The van der Waals surface area contributed by atoms with E-state index in [1.165, 1.54) is 0 Å². The normalized spacial score (nSPS) is 11.7. The molecule has 0 bridgehead atoms. The van der Waals surface area contributed by atoms with E-state index in [9.17, 15) is 13.2 Å². The number of nitrogens with zero attached hydrogens (tertiary/aromatic N) is 2. The molecule has 0 unspecified atom stereocenters. The standard InChI is InChI=1S/C3H5N3O4S/c1-11(8,9)6-3(7)5-2(4)10-6/h1H3,(H2,4,5,7). The zero-order valence-corrected chi connectivity index (χ0v) is 6.33. The van der Waals surface area contributed by atoms with Gasteiger partial charge in [-0.2, -0.15) is 0 Å². The van der Waals surface area contributed by atoms with Gasteiger partial charge in [0.05, 0.1) is 6.26 Å². The van der Waals surface area contributed by atoms with Crippen molar-refractivity contribution in [3.63, 3.8) is 0 Å². The third-order valence-electron chi connectivity index (χ3n) is 0.840. The fraction of sp³-hybridized carbons (Fsp3) is 0.333. The highest BCUT2D eigenvalue weighted by Gasteiger charge is 2.13. The Morgan fingerprint density at radius 1 is 1.64 bits per heavy atom. The predicted molar refractivity (Wildman–Crippen MR) is 35.4 cm³/mol. The summed E-state index contributed by atoms with van der Waals surface area (Å²) in [4.78, 5) is 13.6. The first-order valence-electron chi connectivity index (χ1n) is 2.47. The SMILES string of the molecule is CS(=O)(=O)n1oc(N)nc1=O. The van der Waals surface area contributed by atoms with E-state index in [1.54, 1.807) is 0 Å². The molecule has 1 heterocycles. The van der Waals surface area contributed by atoms with Crippen molar-refractivity contribution in [2.75, 3.05) is 12.0 Å². The molecule has 0 aliphatic carbocycles. The highest BCUT2D eigenvalue weighted by molar-refractivity contribution is 7.89. The molecule has 1 rings (SSSR count). The molecular weight excluding hydrogens is 174 g/mol. The molecule has 0 atom stereocenters. The van der Waals surface area contributed by atoms with Crippen LogP contribution in [0.25, 0.3) is 0 Å². The summed E-state index contributed by atoms with van der Waals surface area (Å²) in [5.74, 6) is 0. The van der Waals surface area contributed by atoms with Crippen LogP contribution in [0.4, 0.5) is 6.01 Å². The van der Waals surface area contributed by atoms with Gasteiger partial charge in [-0.15, -0.1) is 4.98 Å². The molecule has 1 aromatic rings. The second-order valence-electron chi connectivity index (χ2n) is 1.81. The number of nitrogens with two attached hydrogens (primary N) is 1. The number of hydrogen-bond donors (Lipinski definition) is 1. The molecule has 7 nitrogen and oxygen atoms in total. The molecule has 11 heavy (non-hydrogen) atoms. The maximum atomic E-state index is 10.6. The number of anilines is 1. The lowest BCUT2D eigenvalue weighted by molar-refractivity contribution is 0.374. The van der Waals surface area contributed by atoms with Crippen LogP contribution in [0.5, 0.6) is 0 Å². The Hall–Kier alpha value is -1.31. The second-order valence-corrected chi connectivity index (χ2v) is 3.61. The molecule has 62 valence electrons. The zero-order valence-electron chi connectivity index (χ0n) is 5.51. The van der Waals surface area contributed by atoms with Gasteiger partial charge in [-0.25, -0.2) is 13.2 Å². The highest BCUT2D eigenvalue weighted by Crippen LogP contribution is 1.93. The van der Waals surface area contributed by atoms with Crippen LogP contribution >= 0.6 is 0 Å². The number of rotatable bonds is 1. The van der Waals surface area contributed by atoms with E-state index in [4.69, 9.17) is 5.73 Å². The van der Waals surface area contributed by atoms with Crippen LogP contribution in [0.2, 0.25) is 0 Å². The molecule has 0 saturated carbocycles. The average molecular weight is 179 g/mol. The van der Waals surface area contributed by atoms with Gasteiger partial charge >= 0.3 is 11.7 Å². The van der Waals surface area contributed by atoms with E-state index in [-0.39, 0.29) is 4.15 Å². The summed E-state index contributed by atoms with van der Waals surface area (Å²) < 4.78 is 25.7. The molecule has 0 saturated heterocycles. The lowest BCUT2D eigenvalue weighted by Crippen LogP contribution is -2.22. The van der Waals surface area contributed by atoms with Gasteiger partial charge in [0.2, 0.25) is 0 Å². The topological polar surface area (TPSA) is 108 Å². The Morgan fingerprint density at radius 2 is 2.18 bits per heavy atom. The molecule has 1 aromatic heterocycles. The first-order valence-corrected chi connectivity index (χ1v) is 4.32. The first-order chi connectivity index (χ1) is 4.91. The van der Waals surface area contributed by atoms with Gasteiger partial charge in [0, 0.05) is 0 Å². The monoisotopic (exact) mass is 179 g/mol. The fourth-order valence-electron chi connectivity index (χ4n) is 0.489. The Kier molecular flexibility index (Phi) is 1.48. The second kappa shape index (κ2) is 2.09. The lowest BCUT2D eigenvalue weighted by Gasteiger charge is -1.89. The molecule has 8 heteroatoms. The van der Waals surface area contributed by atoms with Crippen molar-refractivity contribution in [2.45, 2.75) is 0 Å². The van der Waals surface area contributed by atoms with E-state index in [0.717, 1.165) is 6.26 Å². The summed E-state index contributed by atoms with van der Waals surface area (Å²) in [5, 5.41) is 0. The minimum Gasteiger partial charge on any atom is -0.351 e. The zero-order chi connectivity index (χ0) is 8.65. The summed E-state index contributed by atoms with van der Waals surface area (Å²) >= 11 is 0. The van der Waals surface area contributed by atoms with E-state index in [2.05, 4.69) is 9.51 Å². The Labute approximate surface area is 61.5 Å². The van der Waals surface area contributed by atoms with Gasteiger partial charge in [0.25, 0.3) is 10.0 Å². The molecule has 0 radical (unpaired) electrons. The summed E-state index contributed by atoms with van der Waals surface area (Å²) in [6, 6.07) is -0.472. The Balaban J connectivity index is 3.49. The first kappa shape index (κ1) is 7.79. The molecular formula is C3H5N3O4S. The highest BCUT2D eigenvalue weighted by atomic mass is 32.2. The van der Waals surface area contributed by atoms with Crippen molar-refractivity contribution >= 4 is 16.0 Å². The molecule has 2 N–H and O–H groups in total. The van der Waals surface area contributed by atoms with E-state index in [0.29, 0.717) is 0 Å². The maximum Gasteiger partial charge on any atom is 0.396 e. The minimum absolute atomic E-state index is 0.113. The van der Waals surface area contributed by atoms with Crippen LogP contribution in [0.15, 0.2) is 9.32 Å².